The van der Waals surface area contributed by atoms with Crippen LogP contribution in [0.5, 0.6) is 0 Å². The summed E-state index contributed by atoms with van der Waals surface area (Å²) in [5, 5.41) is 21.8. The Morgan fingerprint density at radius 3 is 2.52 bits per heavy atom. The van der Waals surface area contributed by atoms with Crippen LogP contribution < -0.4 is 0 Å². The van der Waals surface area contributed by atoms with Crippen molar-refractivity contribution in [3.8, 4) is 0 Å². The minimum atomic E-state index is -0.156. The molecular formula is C27H46O2. The molecule has 29 heavy (non-hydrogen) atoms. The minimum absolute atomic E-state index is 0.105. The van der Waals surface area contributed by atoms with Crippen molar-refractivity contribution in [1.29, 1.82) is 0 Å². The Kier molecular flexibility index (Phi) is 6.01. The summed E-state index contributed by atoms with van der Waals surface area (Å²) in [5.74, 6) is 4.23. The number of rotatable bonds is 5. The van der Waals surface area contributed by atoms with Gasteiger partial charge in [-0.1, -0.05) is 65.5 Å². The highest BCUT2D eigenvalue weighted by Gasteiger charge is 2.62. The molecule has 0 saturated heterocycles. The highest BCUT2D eigenvalue weighted by Crippen LogP contribution is 2.67. The van der Waals surface area contributed by atoms with Gasteiger partial charge in [-0.2, -0.15) is 0 Å². The zero-order valence-electron chi connectivity index (χ0n) is 19.7. The Labute approximate surface area is 179 Å². The minimum Gasteiger partial charge on any atom is -0.393 e. The van der Waals surface area contributed by atoms with Crippen LogP contribution >= 0.6 is 0 Å². The van der Waals surface area contributed by atoms with E-state index in [2.05, 4.69) is 40.7 Å². The van der Waals surface area contributed by atoms with Crippen molar-refractivity contribution in [2.45, 2.75) is 111 Å². The Morgan fingerprint density at radius 2 is 1.79 bits per heavy atom. The maximum atomic E-state index is 11.6. The van der Waals surface area contributed by atoms with E-state index in [1.807, 2.05) is 0 Å². The van der Waals surface area contributed by atoms with Crippen LogP contribution in [-0.2, 0) is 0 Å². The molecule has 2 heteroatoms. The predicted molar refractivity (Wildman–Crippen MR) is 120 cm³/mol. The average molecular weight is 403 g/mol. The monoisotopic (exact) mass is 402 g/mol. The third kappa shape index (κ3) is 3.55. The summed E-state index contributed by atoms with van der Waals surface area (Å²) in [6.45, 7) is 12.1. The Hall–Kier alpha value is -0.340. The number of aliphatic hydroxyl groups is 2. The van der Waals surface area contributed by atoms with Crippen molar-refractivity contribution in [2.24, 2.45) is 46.3 Å². The second kappa shape index (κ2) is 7.97. The predicted octanol–water partition coefficient (Wildman–Crippen LogP) is 6.36. The van der Waals surface area contributed by atoms with E-state index in [1.165, 1.54) is 44.1 Å². The average Bonchev–Trinajstić information content (AvgIpc) is 3.02. The van der Waals surface area contributed by atoms with Crippen LogP contribution in [0.4, 0.5) is 0 Å². The molecule has 166 valence electrons. The number of aliphatic hydroxyl groups excluding tert-OH is 2. The molecule has 4 aliphatic rings. The van der Waals surface area contributed by atoms with Crippen LogP contribution in [0.2, 0.25) is 0 Å². The van der Waals surface area contributed by atoms with Crippen LogP contribution in [-0.4, -0.2) is 22.4 Å². The summed E-state index contributed by atoms with van der Waals surface area (Å²) in [5.41, 5.74) is 1.82. The van der Waals surface area contributed by atoms with Gasteiger partial charge in [-0.3, -0.25) is 0 Å². The lowest BCUT2D eigenvalue weighted by Gasteiger charge is -2.60. The standard InChI is InChI=1S/C27H46O2/c1-17(2)7-6-8-18(3)22-11-12-23-21-10-9-19-15-20(28)13-14-26(19,4)24(21)16-25(29)27(22,23)5/h9,17-18,20-25,28-29H,6-8,10-16H2,1-5H3/t18-,20-,21+,22-,23+,24+,25+,26+,27-/m1/s1. The molecule has 0 heterocycles. The fraction of sp³-hybridized carbons (Fsp3) is 0.926. The molecule has 0 aromatic carbocycles. The Balaban J connectivity index is 1.54. The van der Waals surface area contributed by atoms with Gasteiger partial charge in [0.2, 0.25) is 0 Å². The molecule has 2 nitrogen and oxygen atoms in total. The fourth-order valence-electron chi connectivity index (χ4n) is 8.62. The van der Waals surface area contributed by atoms with Gasteiger partial charge >= 0.3 is 0 Å². The summed E-state index contributed by atoms with van der Waals surface area (Å²) < 4.78 is 0. The third-order valence-electron chi connectivity index (χ3n) is 10.4. The zero-order valence-corrected chi connectivity index (χ0v) is 19.7. The molecule has 4 rings (SSSR count). The lowest BCUT2D eigenvalue weighted by molar-refractivity contribution is -0.136. The van der Waals surface area contributed by atoms with Gasteiger partial charge in [0.1, 0.15) is 0 Å². The van der Waals surface area contributed by atoms with Gasteiger partial charge in [0.15, 0.2) is 0 Å². The van der Waals surface area contributed by atoms with Crippen LogP contribution in [0.1, 0.15) is 98.8 Å². The highest BCUT2D eigenvalue weighted by molar-refractivity contribution is 5.26. The van der Waals surface area contributed by atoms with Crippen molar-refractivity contribution in [3.05, 3.63) is 11.6 Å². The van der Waals surface area contributed by atoms with E-state index in [0.29, 0.717) is 17.8 Å². The van der Waals surface area contributed by atoms with Gasteiger partial charge in [-0.25, -0.2) is 0 Å². The first-order chi connectivity index (χ1) is 13.7. The van der Waals surface area contributed by atoms with Crippen LogP contribution in [0.25, 0.3) is 0 Å². The number of hydrogen-bond donors (Lipinski definition) is 2. The zero-order chi connectivity index (χ0) is 21.0. The molecule has 0 aromatic rings. The molecule has 0 amide bonds. The van der Waals surface area contributed by atoms with Crippen molar-refractivity contribution >= 4 is 0 Å². The van der Waals surface area contributed by atoms with E-state index in [-0.39, 0.29) is 23.0 Å². The number of hydrogen-bond acceptors (Lipinski definition) is 2. The summed E-state index contributed by atoms with van der Waals surface area (Å²) in [6.07, 6.45) is 13.9. The summed E-state index contributed by atoms with van der Waals surface area (Å²) >= 11 is 0. The topological polar surface area (TPSA) is 40.5 Å². The van der Waals surface area contributed by atoms with Crippen molar-refractivity contribution in [3.63, 3.8) is 0 Å². The SMILES string of the molecule is CC(C)CCC[C@@H](C)[C@H]1CC[C@H]2[C@@H]3CC=C4C[C@H](O)CC[C@]4(C)[C@H]3C[C@H](O)[C@]12C. The lowest BCUT2D eigenvalue weighted by atomic mass is 9.46. The van der Waals surface area contributed by atoms with Crippen LogP contribution in [0, 0.1) is 46.3 Å². The van der Waals surface area contributed by atoms with Gasteiger partial charge in [-0.15, -0.1) is 0 Å². The van der Waals surface area contributed by atoms with Crippen molar-refractivity contribution in [2.75, 3.05) is 0 Å². The van der Waals surface area contributed by atoms with Gasteiger partial charge < -0.3 is 10.2 Å². The summed E-state index contributed by atoms with van der Waals surface area (Å²) in [7, 11) is 0. The molecule has 3 fully saturated rings. The maximum absolute atomic E-state index is 11.6. The Bertz CT molecular complexity index is 624. The number of allylic oxidation sites excluding steroid dienone is 1. The van der Waals surface area contributed by atoms with Gasteiger partial charge in [0.25, 0.3) is 0 Å². The number of fused-ring (bicyclic) bond motifs is 5. The molecule has 2 N–H and O–H groups in total. The first kappa shape index (κ1) is 21.9. The molecule has 0 spiro atoms. The molecule has 4 aliphatic carbocycles. The highest BCUT2D eigenvalue weighted by atomic mass is 16.3. The van der Waals surface area contributed by atoms with Crippen LogP contribution in [0.15, 0.2) is 11.6 Å². The quantitative estimate of drug-likeness (QED) is 0.525. The van der Waals surface area contributed by atoms with E-state index in [0.717, 1.165) is 43.4 Å². The van der Waals surface area contributed by atoms with E-state index >= 15 is 0 Å². The maximum Gasteiger partial charge on any atom is 0.0602 e. The van der Waals surface area contributed by atoms with E-state index in [4.69, 9.17) is 0 Å². The molecule has 9 atom stereocenters. The fourth-order valence-corrected chi connectivity index (χ4v) is 8.62. The van der Waals surface area contributed by atoms with E-state index in [9.17, 15) is 10.2 Å². The molecule has 0 unspecified atom stereocenters. The van der Waals surface area contributed by atoms with Gasteiger partial charge in [-0.05, 0) is 91.3 Å². The molecular weight excluding hydrogens is 356 g/mol. The lowest BCUT2D eigenvalue weighted by Crippen LogP contribution is -2.56. The second-order valence-electron chi connectivity index (χ2n) is 12.3. The van der Waals surface area contributed by atoms with Crippen molar-refractivity contribution in [1.82, 2.24) is 0 Å². The summed E-state index contributed by atoms with van der Waals surface area (Å²) in [6, 6.07) is 0. The smallest absolute Gasteiger partial charge is 0.0602 e. The molecule has 0 bridgehead atoms. The normalized spacial score (nSPS) is 47.9. The third-order valence-corrected chi connectivity index (χ3v) is 10.4. The molecule has 0 radical (unpaired) electrons. The van der Waals surface area contributed by atoms with Crippen molar-refractivity contribution < 1.29 is 10.2 Å². The summed E-state index contributed by atoms with van der Waals surface area (Å²) in [4.78, 5) is 0. The van der Waals surface area contributed by atoms with Gasteiger partial charge in [0, 0.05) is 0 Å². The molecule has 3 saturated carbocycles. The van der Waals surface area contributed by atoms with Gasteiger partial charge in [0.05, 0.1) is 12.2 Å². The van der Waals surface area contributed by atoms with E-state index in [1.54, 1.807) is 0 Å². The second-order valence-corrected chi connectivity index (χ2v) is 12.3. The first-order valence-electron chi connectivity index (χ1n) is 12.7. The largest absolute Gasteiger partial charge is 0.393 e. The first-order valence-corrected chi connectivity index (χ1v) is 12.7. The molecule has 0 aromatic heterocycles. The van der Waals surface area contributed by atoms with Crippen LogP contribution in [0.3, 0.4) is 0 Å². The van der Waals surface area contributed by atoms with E-state index < -0.39 is 0 Å². The Morgan fingerprint density at radius 1 is 1.03 bits per heavy atom. The molecule has 0 aliphatic heterocycles.